The van der Waals surface area contributed by atoms with Crippen molar-refractivity contribution in [3.05, 3.63) is 35.4 Å². The van der Waals surface area contributed by atoms with Crippen LogP contribution in [0.4, 0.5) is 13.2 Å². The molecular formula is C10H7F3O4. The molecule has 1 aromatic rings. The van der Waals surface area contributed by atoms with E-state index in [9.17, 15) is 22.8 Å². The van der Waals surface area contributed by atoms with Crippen LogP contribution in [0.25, 0.3) is 0 Å². The lowest BCUT2D eigenvalue weighted by atomic mass is 10.1. The highest BCUT2D eigenvalue weighted by Gasteiger charge is 2.34. The van der Waals surface area contributed by atoms with Gasteiger partial charge in [-0.15, -0.1) is 0 Å². The number of aromatic carboxylic acids is 1. The maximum Gasteiger partial charge on any atom is 0.417 e. The monoisotopic (exact) mass is 248 g/mol. The van der Waals surface area contributed by atoms with Crippen LogP contribution >= 0.6 is 0 Å². The fraction of sp³-hybridized carbons (Fsp3) is 0.200. The number of halogens is 3. The molecular weight excluding hydrogens is 241 g/mol. The second kappa shape index (κ2) is 4.86. The summed E-state index contributed by atoms with van der Waals surface area (Å²) in [5.74, 6) is -1.66. The second-order valence-corrected chi connectivity index (χ2v) is 3.01. The maximum absolute atomic E-state index is 12.1. The van der Waals surface area contributed by atoms with Crippen LogP contribution in [-0.2, 0) is 15.7 Å². The zero-order valence-electron chi connectivity index (χ0n) is 8.32. The van der Waals surface area contributed by atoms with Gasteiger partial charge in [-0.05, 0) is 12.1 Å². The zero-order chi connectivity index (χ0) is 13.1. The van der Waals surface area contributed by atoms with Crippen LogP contribution in [-0.4, -0.2) is 23.7 Å². The van der Waals surface area contributed by atoms with Gasteiger partial charge in [0.2, 0.25) is 0 Å². The molecule has 1 fully saturated rings. The minimum atomic E-state index is -4.62. The molecule has 1 N–H and O–H groups in total. The van der Waals surface area contributed by atoms with E-state index in [1.54, 1.807) is 0 Å². The first-order valence-corrected chi connectivity index (χ1v) is 4.37. The van der Waals surface area contributed by atoms with Crippen molar-refractivity contribution >= 4 is 11.9 Å². The highest BCUT2D eigenvalue weighted by Crippen LogP contribution is 2.31. The molecule has 0 bridgehead atoms. The molecule has 0 unspecified atom stereocenters. The SMILES string of the molecule is O=C(O)c1ccccc1C(F)(F)F.O=C1CO1. The lowest BCUT2D eigenvalue weighted by Gasteiger charge is -2.08. The van der Waals surface area contributed by atoms with Crippen LogP contribution in [0.5, 0.6) is 0 Å². The number of hydrogen-bond donors (Lipinski definition) is 1. The van der Waals surface area contributed by atoms with Crippen LogP contribution in [0.3, 0.4) is 0 Å². The number of carbonyl (C=O) groups is 2. The van der Waals surface area contributed by atoms with E-state index < -0.39 is 23.3 Å². The van der Waals surface area contributed by atoms with Gasteiger partial charge in [-0.25, -0.2) is 9.59 Å². The first kappa shape index (κ1) is 13.0. The Kier molecular flexibility index (Phi) is 3.72. The van der Waals surface area contributed by atoms with Gasteiger partial charge in [0.1, 0.15) is 0 Å². The van der Waals surface area contributed by atoms with Crippen molar-refractivity contribution in [2.75, 3.05) is 6.61 Å². The molecule has 0 aromatic heterocycles. The van der Waals surface area contributed by atoms with E-state index in [1.165, 1.54) is 6.07 Å². The molecule has 0 saturated carbocycles. The summed E-state index contributed by atoms with van der Waals surface area (Å²) in [7, 11) is 0. The summed E-state index contributed by atoms with van der Waals surface area (Å²) in [6, 6.07) is 4.06. The third kappa shape index (κ3) is 4.13. The van der Waals surface area contributed by atoms with Gasteiger partial charge in [0.05, 0.1) is 11.1 Å². The summed E-state index contributed by atoms with van der Waals surface area (Å²) in [5, 5.41) is 8.43. The van der Waals surface area contributed by atoms with Gasteiger partial charge in [-0.2, -0.15) is 13.2 Å². The summed E-state index contributed by atoms with van der Waals surface area (Å²) in [4.78, 5) is 19.7. The first-order valence-electron chi connectivity index (χ1n) is 4.37. The number of ether oxygens (including phenoxy) is 1. The van der Waals surface area contributed by atoms with Crippen molar-refractivity contribution in [2.24, 2.45) is 0 Å². The van der Waals surface area contributed by atoms with E-state index in [-0.39, 0.29) is 5.97 Å². The van der Waals surface area contributed by atoms with E-state index in [1.807, 2.05) is 0 Å². The van der Waals surface area contributed by atoms with Gasteiger partial charge in [0, 0.05) is 0 Å². The molecule has 4 nitrogen and oxygen atoms in total. The summed E-state index contributed by atoms with van der Waals surface area (Å²) in [6.45, 7) is 0.347. The number of epoxide rings is 1. The largest absolute Gasteiger partial charge is 0.478 e. The summed E-state index contributed by atoms with van der Waals surface area (Å²) in [5.41, 5.74) is -1.85. The van der Waals surface area contributed by atoms with E-state index in [0.717, 1.165) is 18.2 Å². The normalized spacial score (nSPS) is 13.2. The molecule has 1 aromatic carbocycles. The number of carboxylic acid groups (broad SMARTS) is 1. The molecule has 0 amide bonds. The zero-order valence-corrected chi connectivity index (χ0v) is 8.32. The number of rotatable bonds is 1. The van der Waals surface area contributed by atoms with Gasteiger partial charge in [-0.3, -0.25) is 0 Å². The Balaban J connectivity index is 0.000000302. The summed E-state index contributed by atoms with van der Waals surface area (Å²) in [6.07, 6.45) is -4.62. The number of benzene rings is 1. The average Bonchev–Trinajstić information content (AvgIpc) is 3.00. The summed E-state index contributed by atoms with van der Waals surface area (Å²) >= 11 is 0. The van der Waals surface area contributed by atoms with Crippen LogP contribution in [0.15, 0.2) is 24.3 Å². The lowest BCUT2D eigenvalue weighted by Crippen LogP contribution is -2.12. The Morgan fingerprint density at radius 1 is 1.29 bits per heavy atom. The Morgan fingerprint density at radius 3 is 2.06 bits per heavy atom. The molecule has 7 heteroatoms. The van der Waals surface area contributed by atoms with Crippen molar-refractivity contribution in [1.29, 1.82) is 0 Å². The molecule has 0 spiro atoms. The molecule has 2 rings (SSSR count). The van der Waals surface area contributed by atoms with Crippen LogP contribution in [0.2, 0.25) is 0 Å². The molecule has 0 atom stereocenters. The fourth-order valence-corrected chi connectivity index (χ4v) is 0.946. The standard InChI is InChI=1S/C8H5F3O2.C2H2O2/c9-8(10,11)6-4-2-1-3-5(6)7(12)13;3-2-1-4-2/h1-4H,(H,12,13);1H2. The molecule has 0 aliphatic carbocycles. The Morgan fingerprint density at radius 2 is 1.76 bits per heavy atom. The number of cyclic esters (lactones) is 1. The molecule has 1 aliphatic heterocycles. The summed E-state index contributed by atoms with van der Waals surface area (Å²) < 4.78 is 40.5. The van der Waals surface area contributed by atoms with Crippen molar-refractivity contribution in [2.45, 2.75) is 6.18 Å². The molecule has 1 aliphatic rings. The van der Waals surface area contributed by atoms with E-state index in [2.05, 4.69) is 4.74 Å². The number of hydrogen-bond acceptors (Lipinski definition) is 3. The van der Waals surface area contributed by atoms with E-state index in [0.29, 0.717) is 6.61 Å². The topological polar surface area (TPSA) is 66.9 Å². The third-order valence-electron chi connectivity index (χ3n) is 1.73. The Bertz CT molecular complexity index is 433. The molecule has 1 heterocycles. The third-order valence-corrected chi connectivity index (χ3v) is 1.73. The van der Waals surface area contributed by atoms with Gasteiger partial charge in [0.15, 0.2) is 6.61 Å². The minimum absolute atomic E-state index is 0.0833. The maximum atomic E-state index is 12.1. The first-order chi connectivity index (χ1) is 7.82. The van der Waals surface area contributed by atoms with Crippen LogP contribution < -0.4 is 0 Å². The van der Waals surface area contributed by atoms with Crippen molar-refractivity contribution in [3.63, 3.8) is 0 Å². The van der Waals surface area contributed by atoms with Crippen LogP contribution in [0.1, 0.15) is 15.9 Å². The predicted molar refractivity (Wildman–Crippen MR) is 49.4 cm³/mol. The Labute approximate surface area is 93.6 Å². The van der Waals surface area contributed by atoms with Crippen LogP contribution in [0, 0.1) is 0 Å². The predicted octanol–water partition coefficient (Wildman–Crippen LogP) is 1.95. The number of carboxylic acids is 1. The molecule has 17 heavy (non-hydrogen) atoms. The highest BCUT2D eigenvalue weighted by atomic mass is 19.4. The second-order valence-electron chi connectivity index (χ2n) is 3.01. The number of alkyl halides is 3. The molecule has 92 valence electrons. The van der Waals surface area contributed by atoms with Gasteiger partial charge >= 0.3 is 18.1 Å². The number of carbonyl (C=O) groups excluding carboxylic acids is 1. The molecule has 1 saturated heterocycles. The van der Waals surface area contributed by atoms with Gasteiger partial charge in [0.25, 0.3) is 0 Å². The molecule has 0 radical (unpaired) electrons. The smallest absolute Gasteiger partial charge is 0.417 e. The highest BCUT2D eigenvalue weighted by molar-refractivity contribution is 5.89. The van der Waals surface area contributed by atoms with Crippen molar-refractivity contribution in [1.82, 2.24) is 0 Å². The minimum Gasteiger partial charge on any atom is -0.478 e. The van der Waals surface area contributed by atoms with Crippen molar-refractivity contribution in [3.8, 4) is 0 Å². The van der Waals surface area contributed by atoms with E-state index >= 15 is 0 Å². The fourth-order valence-electron chi connectivity index (χ4n) is 0.946. The van der Waals surface area contributed by atoms with Crippen molar-refractivity contribution < 1.29 is 32.6 Å². The van der Waals surface area contributed by atoms with Gasteiger partial charge < -0.3 is 9.84 Å². The Hall–Kier alpha value is -2.05. The lowest BCUT2D eigenvalue weighted by molar-refractivity contribution is -0.138. The average molecular weight is 248 g/mol. The van der Waals surface area contributed by atoms with E-state index in [4.69, 9.17) is 5.11 Å². The van der Waals surface area contributed by atoms with Gasteiger partial charge in [-0.1, -0.05) is 12.1 Å². The quantitative estimate of drug-likeness (QED) is 0.771.